The first kappa shape index (κ1) is 26.1. The molecule has 2 heterocycles. The third-order valence-corrected chi connectivity index (χ3v) is 8.37. The summed E-state index contributed by atoms with van der Waals surface area (Å²) >= 11 is 1.51. The second-order valence-electron chi connectivity index (χ2n) is 9.55. The van der Waals surface area contributed by atoms with Crippen molar-refractivity contribution in [2.75, 3.05) is 43.4 Å². The van der Waals surface area contributed by atoms with E-state index >= 15 is 0 Å². The second kappa shape index (κ2) is 11.5. The van der Waals surface area contributed by atoms with Gasteiger partial charge in [0.15, 0.2) is 0 Å². The van der Waals surface area contributed by atoms with Gasteiger partial charge in [-0.3, -0.25) is 9.59 Å². The molecule has 0 aliphatic carbocycles. The minimum atomic E-state index is -0.621. The van der Waals surface area contributed by atoms with E-state index in [0.29, 0.717) is 49.7 Å². The quantitative estimate of drug-likeness (QED) is 0.439. The Hall–Kier alpha value is -3.52. The van der Waals surface area contributed by atoms with Crippen molar-refractivity contribution in [1.29, 1.82) is 0 Å². The van der Waals surface area contributed by atoms with Crippen LogP contribution in [0.4, 0.5) is 10.1 Å². The molecule has 0 saturated carbocycles. The fraction of sp³-hybridized carbons (Fsp3) is 0.333. The van der Waals surface area contributed by atoms with Crippen LogP contribution in [0.3, 0.4) is 0 Å². The highest BCUT2D eigenvalue weighted by atomic mass is 32.2. The number of carbonyl (C=O) groups is 2. The van der Waals surface area contributed by atoms with E-state index in [2.05, 4.69) is 4.90 Å². The van der Waals surface area contributed by atoms with Crippen molar-refractivity contribution in [3.05, 3.63) is 95.3 Å². The van der Waals surface area contributed by atoms with E-state index in [9.17, 15) is 14.0 Å². The van der Waals surface area contributed by atoms with Crippen LogP contribution >= 0.6 is 11.8 Å². The highest BCUT2D eigenvalue weighted by molar-refractivity contribution is 7.99. The molecule has 2 aliphatic rings. The average molecular weight is 534 g/mol. The second-order valence-corrected chi connectivity index (χ2v) is 10.7. The lowest BCUT2D eigenvalue weighted by atomic mass is 10.1. The molecular weight excluding hydrogens is 501 g/mol. The molecule has 0 radical (unpaired) electrons. The number of halogens is 1. The number of piperazine rings is 1. The number of hydrogen-bond acceptors (Lipinski definition) is 5. The molecule has 2 amide bonds. The van der Waals surface area contributed by atoms with Gasteiger partial charge in [0.05, 0.1) is 12.3 Å². The smallest absolute Gasteiger partial charge is 0.255 e. The standard InChI is InChI=1S/C30H32FN3O3S/c1-3-37-27-10-5-4-9-25(27)32-15-17-33(18-16-32)29(36)26-20-38-30(23-7-6-8-24(31)19-23)34(26)28(35)22-13-11-21(2)12-14-22/h4-14,19,26,30H,3,15-18,20H2,1-2H3. The molecule has 3 aromatic rings. The summed E-state index contributed by atoms with van der Waals surface area (Å²) in [6.07, 6.45) is 0. The minimum Gasteiger partial charge on any atom is -0.492 e. The van der Waals surface area contributed by atoms with Crippen molar-refractivity contribution < 1.29 is 18.7 Å². The van der Waals surface area contributed by atoms with Crippen molar-refractivity contribution in [2.45, 2.75) is 25.3 Å². The van der Waals surface area contributed by atoms with Crippen molar-refractivity contribution in [2.24, 2.45) is 0 Å². The molecule has 2 unspecified atom stereocenters. The van der Waals surface area contributed by atoms with E-state index in [0.717, 1.165) is 17.0 Å². The Kier molecular flexibility index (Phi) is 7.88. The average Bonchev–Trinajstić information content (AvgIpc) is 3.39. The zero-order chi connectivity index (χ0) is 26.6. The molecule has 0 spiro atoms. The van der Waals surface area contributed by atoms with Crippen LogP contribution in [0.2, 0.25) is 0 Å². The number of para-hydroxylation sites is 2. The Morgan fingerprint density at radius 2 is 1.71 bits per heavy atom. The van der Waals surface area contributed by atoms with Crippen LogP contribution in [-0.4, -0.2) is 66.2 Å². The number of benzene rings is 3. The number of rotatable bonds is 6. The van der Waals surface area contributed by atoms with Gasteiger partial charge in [-0.25, -0.2) is 4.39 Å². The lowest BCUT2D eigenvalue weighted by Gasteiger charge is -2.39. The largest absolute Gasteiger partial charge is 0.492 e. The fourth-order valence-corrected chi connectivity index (χ4v) is 6.49. The van der Waals surface area contributed by atoms with E-state index in [4.69, 9.17) is 4.74 Å². The number of aryl methyl sites for hydroxylation is 1. The zero-order valence-corrected chi connectivity index (χ0v) is 22.5. The van der Waals surface area contributed by atoms with Gasteiger partial charge < -0.3 is 19.4 Å². The number of thioether (sulfide) groups is 1. The topological polar surface area (TPSA) is 53.1 Å². The predicted octanol–water partition coefficient (Wildman–Crippen LogP) is 5.14. The first-order valence-corrected chi connectivity index (χ1v) is 14.0. The molecule has 2 aliphatic heterocycles. The van der Waals surface area contributed by atoms with Gasteiger partial charge in [0, 0.05) is 37.5 Å². The van der Waals surface area contributed by atoms with E-state index in [1.54, 1.807) is 23.1 Å². The Morgan fingerprint density at radius 3 is 2.42 bits per heavy atom. The van der Waals surface area contributed by atoms with Crippen LogP contribution in [0.5, 0.6) is 5.75 Å². The van der Waals surface area contributed by atoms with Crippen LogP contribution in [-0.2, 0) is 4.79 Å². The molecule has 3 aromatic carbocycles. The highest BCUT2D eigenvalue weighted by Gasteiger charge is 2.44. The maximum atomic E-state index is 14.1. The first-order valence-electron chi connectivity index (χ1n) is 13.0. The number of amides is 2. The Labute approximate surface area is 227 Å². The maximum Gasteiger partial charge on any atom is 0.255 e. The third-order valence-electron chi connectivity index (χ3n) is 7.05. The van der Waals surface area contributed by atoms with Crippen molar-refractivity contribution in [1.82, 2.24) is 9.80 Å². The van der Waals surface area contributed by atoms with Gasteiger partial charge in [-0.1, -0.05) is 42.0 Å². The Bertz CT molecular complexity index is 1290. The van der Waals surface area contributed by atoms with Crippen LogP contribution in [0.15, 0.2) is 72.8 Å². The Balaban J connectivity index is 1.36. The number of ether oxygens (including phenoxy) is 1. The maximum absolute atomic E-state index is 14.1. The van der Waals surface area contributed by atoms with Gasteiger partial charge in [-0.2, -0.15) is 0 Å². The first-order chi connectivity index (χ1) is 18.5. The lowest BCUT2D eigenvalue weighted by Crippen LogP contribution is -2.55. The summed E-state index contributed by atoms with van der Waals surface area (Å²) in [6.45, 7) is 6.98. The molecule has 198 valence electrons. The third kappa shape index (κ3) is 5.36. The number of nitrogens with zero attached hydrogens (tertiary/aromatic N) is 3. The monoisotopic (exact) mass is 533 g/mol. The lowest BCUT2D eigenvalue weighted by molar-refractivity contribution is -0.135. The summed E-state index contributed by atoms with van der Waals surface area (Å²) in [4.78, 5) is 33.4. The molecule has 2 fully saturated rings. The van der Waals surface area contributed by atoms with E-state index in [1.807, 2.05) is 61.2 Å². The minimum absolute atomic E-state index is 0.0605. The van der Waals surface area contributed by atoms with Gasteiger partial charge in [0.25, 0.3) is 5.91 Å². The SMILES string of the molecule is CCOc1ccccc1N1CCN(C(=O)C2CSC(c3cccc(F)c3)N2C(=O)c2ccc(C)cc2)CC1. The summed E-state index contributed by atoms with van der Waals surface area (Å²) in [7, 11) is 0. The number of hydrogen-bond donors (Lipinski definition) is 0. The van der Waals surface area contributed by atoms with Crippen LogP contribution in [0, 0.1) is 12.7 Å². The van der Waals surface area contributed by atoms with Gasteiger partial charge in [-0.05, 0) is 55.8 Å². The van der Waals surface area contributed by atoms with Crippen molar-refractivity contribution >= 4 is 29.3 Å². The Morgan fingerprint density at radius 1 is 0.974 bits per heavy atom. The molecule has 2 saturated heterocycles. The van der Waals surface area contributed by atoms with E-state index in [1.165, 1.54) is 23.9 Å². The fourth-order valence-electron chi connectivity index (χ4n) is 5.08. The normalized spacial score (nSPS) is 19.5. The zero-order valence-electron chi connectivity index (χ0n) is 21.7. The molecule has 2 atom stereocenters. The highest BCUT2D eigenvalue weighted by Crippen LogP contribution is 2.43. The summed E-state index contributed by atoms with van der Waals surface area (Å²) in [6, 6.07) is 21.0. The molecule has 0 aromatic heterocycles. The van der Waals surface area contributed by atoms with Gasteiger partial charge in [0.1, 0.15) is 23.0 Å². The summed E-state index contributed by atoms with van der Waals surface area (Å²) < 4.78 is 19.9. The van der Waals surface area contributed by atoms with E-state index in [-0.39, 0.29) is 17.6 Å². The van der Waals surface area contributed by atoms with Crippen molar-refractivity contribution in [3.8, 4) is 5.75 Å². The molecule has 38 heavy (non-hydrogen) atoms. The summed E-state index contributed by atoms with van der Waals surface area (Å²) in [5.74, 6) is 0.672. The van der Waals surface area contributed by atoms with Gasteiger partial charge in [-0.15, -0.1) is 11.8 Å². The van der Waals surface area contributed by atoms with Crippen LogP contribution in [0.1, 0.15) is 33.8 Å². The van der Waals surface area contributed by atoms with Gasteiger partial charge in [0.2, 0.25) is 5.91 Å². The molecule has 0 N–H and O–H groups in total. The molecule has 0 bridgehead atoms. The molecule has 8 heteroatoms. The van der Waals surface area contributed by atoms with Crippen LogP contribution in [0.25, 0.3) is 0 Å². The summed E-state index contributed by atoms with van der Waals surface area (Å²) in [5.41, 5.74) is 3.29. The summed E-state index contributed by atoms with van der Waals surface area (Å²) in [5, 5.41) is -0.437. The van der Waals surface area contributed by atoms with Crippen LogP contribution < -0.4 is 9.64 Å². The predicted molar refractivity (Wildman–Crippen MR) is 149 cm³/mol. The number of anilines is 1. The molecule has 6 nitrogen and oxygen atoms in total. The molecular formula is C30H32FN3O3S. The number of carbonyl (C=O) groups excluding carboxylic acids is 2. The van der Waals surface area contributed by atoms with Gasteiger partial charge >= 0.3 is 0 Å². The van der Waals surface area contributed by atoms with E-state index < -0.39 is 11.4 Å². The van der Waals surface area contributed by atoms with Crippen molar-refractivity contribution in [3.63, 3.8) is 0 Å². The molecule has 5 rings (SSSR count).